The van der Waals surface area contributed by atoms with Crippen LogP contribution in [0.5, 0.6) is 0 Å². The molecular formula is C31H49F. The molecule has 3 aliphatic rings. The molecule has 1 heteroatoms. The molecule has 0 bridgehead atoms. The van der Waals surface area contributed by atoms with Crippen LogP contribution in [-0.2, 0) is 6.42 Å². The molecule has 3 aliphatic carbocycles. The second kappa shape index (κ2) is 12.6. The summed E-state index contributed by atoms with van der Waals surface area (Å²) in [5.74, 6) is 5.80. The average molecular weight is 441 g/mol. The molecule has 1 aromatic carbocycles. The maximum Gasteiger partial charge on any atom is 0.0894 e. The lowest BCUT2D eigenvalue weighted by Gasteiger charge is -2.41. The second-order valence-corrected chi connectivity index (χ2v) is 11.7. The van der Waals surface area contributed by atoms with E-state index in [0.29, 0.717) is 0 Å². The van der Waals surface area contributed by atoms with Crippen LogP contribution in [0.4, 0.5) is 4.39 Å². The maximum atomic E-state index is 12.4. The molecule has 0 aromatic heterocycles. The fourth-order valence-electron chi connectivity index (χ4n) is 7.73. The van der Waals surface area contributed by atoms with Gasteiger partial charge in [0.05, 0.1) is 6.67 Å². The lowest BCUT2D eigenvalue weighted by molar-refractivity contribution is 0.108. The Morgan fingerprint density at radius 1 is 0.656 bits per heavy atom. The van der Waals surface area contributed by atoms with Crippen LogP contribution in [0, 0.1) is 29.6 Å². The van der Waals surface area contributed by atoms with Gasteiger partial charge in [0.1, 0.15) is 0 Å². The van der Waals surface area contributed by atoms with Crippen molar-refractivity contribution < 1.29 is 4.39 Å². The van der Waals surface area contributed by atoms with Crippen LogP contribution < -0.4 is 0 Å². The number of unbranched alkanes of at least 4 members (excludes halogenated alkanes) is 1. The summed E-state index contributed by atoms with van der Waals surface area (Å²) >= 11 is 0. The number of hydrogen-bond donors (Lipinski definition) is 0. The number of rotatable bonds is 9. The zero-order valence-corrected chi connectivity index (χ0v) is 20.9. The Kier molecular flexibility index (Phi) is 9.54. The highest BCUT2D eigenvalue weighted by molar-refractivity contribution is 5.26. The van der Waals surface area contributed by atoms with Crippen molar-refractivity contribution in [3.63, 3.8) is 0 Å². The van der Waals surface area contributed by atoms with Crippen molar-refractivity contribution >= 4 is 0 Å². The SMILES string of the molecule is CCCc1ccc(C2CCC(C3CCC(C4CCC(CCCCF)CC4)CC3)CC2)cc1. The van der Waals surface area contributed by atoms with Crippen LogP contribution >= 0.6 is 0 Å². The van der Waals surface area contributed by atoms with Crippen molar-refractivity contribution in [2.45, 2.75) is 122 Å². The molecule has 0 aliphatic heterocycles. The van der Waals surface area contributed by atoms with E-state index in [2.05, 4.69) is 31.2 Å². The molecule has 3 fully saturated rings. The third kappa shape index (κ3) is 6.60. The van der Waals surface area contributed by atoms with Gasteiger partial charge in [0.2, 0.25) is 0 Å². The van der Waals surface area contributed by atoms with E-state index in [9.17, 15) is 4.39 Å². The molecule has 1 aromatic rings. The summed E-state index contributed by atoms with van der Waals surface area (Å²) < 4.78 is 12.4. The van der Waals surface area contributed by atoms with Crippen LogP contribution in [-0.4, -0.2) is 6.67 Å². The van der Waals surface area contributed by atoms with Gasteiger partial charge in [-0.25, -0.2) is 0 Å². The van der Waals surface area contributed by atoms with E-state index in [1.165, 1.54) is 102 Å². The summed E-state index contributed by atoms with van der Waals surface area (Å²) in [5.41, 5.74) is 3.11. The van der Waals surface area contributed by atoms with Gasteiger partial charge in [-0.2, -0.15) is 0 Å². The Morgan fingerprint density at radius 3 is 1.66 bits per heavy atom. The van der Waals surface area contributed by atoms with E-state index in [0.717, 1.165) is 48.3 Å². The van der Waals surface area contributed by atoms with Gasteiger partial charge in [-0.05, 0) is 124 Å². The van der Waals surface area contributed by atoms with Crippen LogP contribution in [0.2, 0.25) is 0 Å². The Bertz CT molecular complexity index is 625. The molecule has 0 amide bonds. The van der Waals surface area contributed by atoms with Crippen LogP contribution in [0.3, 0.4) is 0 Å². The zero-order valence-electron chi connectivity index (χ0n) is 20.9. The number of benzene rings is 1. The van der Waals surface area contributed by atoms with E-state index < -0.39 is 0 Å². The number of hydrogen-bond acceptors (Lipinski definition) is 0. The van der Waals surface area contributed by atoms with Gasteiger partial charge in [0.15, 0.2) is 0 Å². The quantitative estimate of drug-likeness (QED) is 0.335. The van der Waals surface area contributed by atoms with Gasteiger partial charge in [0.25, 0.3) is 0 Å². The van der Waals surface area contributed by atoms with E-state index in [4.69, 9.17) is 0 Å². The molecule has 0 heterocycles. The molecule has 0 atom stereocenters. The lowest BCUT2D eigenvalue weighted by atomic mass is 9.64. The smallest absolute Gasteiger partial charge is 0.0894 e. The minimum atomic E-state index is -0.119. The molecule has 4 rings (SSSR count). The maximum absolute atomic E-state index is 12.4. The average Bonchev–Trinajstić information content (AvgIpc) is 2.86. The predicted molar refractivity (Wildman–Crippen MR) is 136 cm³/mol. The van der Waals surface area contributed by atoms with Gasteiger partial charge in [-0.1, -0.05) is 63.3 Å². The summed E-state index contributed by atoms with van der Waals surface area (Å²) in [6.07, 6.45) is 23.3. The first-order valence-corrected chi connectivity index (χ1v) is 14.4. The van der Waals surface area contributed by atoms with Crippen molar-refractivity contribution in [1.82, 2.24) is 0 Å². The molecule has 3 saturated carbocycles. The summed E-state index contributed by atoms with van der Waals surface area (Å²) in [6.45, 7) is 2.15. The fraction of sp³-hybridized carbons (Fsp3) is 0.806. The first-order valence-electron chi connectivity index (χ1n) is 14.4. The van der Waals surface area contributed by atoms with Crippen LogP contribution in [0.25, 0.3) is 0 Å². The molecule has 0 N–H and O–H groups in total. The Morgan fingerprint density at radius 2 is 1.16 bits per heavy atom. The standard InChI is InChI=1S/C31H49F/c1-2-5-24-7-11-26(12-8-24)28-15-19-30(20-16-28)31-21-17-29(18-22-31)27-13-9-25(10-14-27)6-3-4-23-32/h7-8,11-12,25,27-31H,2-6,9-10,13-23H2,1H3. The van der Waals surface area contributed by atoms with Crippen molar-refractivity contribution in [3.8, 4) is 0 Å². The fourth-order valence-corrected chi connectivity index (χ4v) is 7.73. The first-order chi connectivity index (χ1) is 15.8. The van der Waals surface area contributed by atoms with E-state index >= 15 is 0 Å². The van der Waals surface area contributed by atoms with E-state index in [1.54, 1.807) is 5.56 Å². The third-order valence-electron chi connectivity index (χ3n) is 9.80. The Balaban J connectivity index is 1.15. The Hall–Kier alpha value is -0.850. The molecule has 0 saturated heterocycles. The third-order valence-corrected chi connectivity index (χ3v) is 9.80. The topological polar surface area (TPSA) is 0 Å². The molecule has 0 unspecified atom stereocenters. The molecule has 0 radical (unpaired) electrons. The highest BCUT2D eigenvalue weighted by atomic mass is 19.1. The minimum Gasteiger partial charge on any atom is -0.251 e. The van der Waals surface area contributed by atoms with Gasteiger partial charge in [-0.15, -0.1) is 0 Å². The van der Waals surface area contributed by atoms with Crippen molar-refractivity contribution in [3.05, 3.63) is 35.4 Å². The largest absolute Gasteiger partial charge is 0.251 e. The summed E-state index contributed by atoms with van der Waals surface area (Å²) in [4.78, 5) is 0. The summed E-state index contributed by atoms with van der Waals surface area (Å²) in [6, 6.07) is 9.61. The molecular weight excluding hydrogens is 391 g/mol. The van der Waals surface area contributed by atoms with Gasteiger partial charge < -0.3 is 0 Å². The highest BCUT2D eigenvalue weighted by Gasteiger charge is 2.34. The summed E-state index contributed by atoms with van der Waals surface area (Å²) in [7, 11) is 0. The van der Waals surface area contributed by atoms with Crippen LogP contribution in [0.1, 0.15) is 127 Å². The number of halogens is 1. The van der Waals surface area contributed by atoms with Gasteiger partial charge in [-0.3, -0.25) is 4.39 Å². The van der Waals surface area contributed by atoms with Crippen molar-refractivity contribution in [1.29, 1.82) is 0 Å². The van der Waals surface area contributed by atoms with Crippen LogP contribution in [0.15, 0.2) is 24.3 Å². The second-order valence-electron chi connectivity index (χ2n) is 11.7. The lowest BCUT2D eigenvalue weighted by Crippen LogP contribution is -2.29. The summed E-state index contributed by atoms with van der Waals surface area (Å²) in [5, 5.41) is 0. The molecule has 0 nitrogen and oxygen atoms in total. The first kappa shape index (κ1) is 24.3. The van der Waals surface area contributed by atoms with E-state index in [-0.39, 0.29) is 6.67 Å². The monoisotopic (exact) mass is 440 g/mol. The van der Waals surface area contributed by atoms with E-state index in [1.807, 2.05) is 0 Å². The van der Waals surface area contributed by atoms with Crippen molar-refractivity contribution in [2.24, 2.45) is 29.6 Å². The van der Waals surface area contributed by atoms with Gasteiger partial charge >= 0.3 is 0 Å². The highest BCUT2D eigenvalue weighted by Crippen LogP contribution is 2.47. The van der Waals surface area contributed by atoms with Crippen molar-refractivity contribution in [2.75, 3.05) is 6.67 Å². The molecule has 180 valence electrons. The number of aryl methyl sites for hydroxylation is 1. The minimum absolute atomic E-state index is 0.119. The normalized spacial score (nSPS) is 33.8. The molecule has 32 heavy (non-hydrogen) atoms. The number of alkyl halides is 1. The Labute approximate surface area is 198 Å². The molecule has 0 spiro atoms. The zero-order chi connectivity index (χ0) is 22.2. The van der Waals surface area contributed by atoms with Gasteiger partial charge in [0, 0.05) is 0 Å². The predicted octanol–water partition coefficient (Wildman–Crippen LogP) is 9.67.